The van der Waals surface area contributed by atoms with Crippen molar-refractivity contribution in [2.45, 2.75) is 6.54 Å². The predicted molar refractivity (Wildman–Crippen MR) is 179 cm³/mol. The molecular weight excluding hydrogens is 624 g/mol. The maximum absolute atomic E-state index is 8.73. The van der Waals surface area contributed by atoms with Crippen LogP contribution in [-0.4, -0.2) is 129 Å². The van der Waals surface area contributed by atoms with E-state index < -0.39 is 0 Å². The van der Waals surface area contributed by atoms with Gasteiger partial charge >= 0.3 is 0 Å². The molecule has 4 rings (SSSR count). The molecule has 0 unspecified atom stereocenters. The summed E-state index contributed by atoms with van der Waals surface area (Å²) in [5, 5.41) is 19.4. The SMILES string of the molecule is Nc1nc(N)c2nc(C#Cc3ccc4cc(OCCOCCOCCOCCO)ccc4c3)n(CCOCCOCCOCCO)c2n1. The first-order chi connectivity index (χ1) is 23.6. The number of nitrogens with zero attached hydrogens (tertiary/aromatic N) is 4. The Balaban J connectivity index is 1.29. The van der Waals surface area contributed by atoms with Crippen LogP contribution in [0.3, 0.4) is 0 Å². The van der Waals surface area contributed by atoms with Gasteiger partial charge in [0.1, 0.15) is 12.4 Å². The smallest absolute Gasteiger partial charge is 0.224 e. The molecule has 0 bridgehead atoms. The molecule has 260 valence electrons. The maximum atomic E-state index is 8.73. The second-order valence-electron chi connectivity index (χ2n) is 10.2. The minimum atomic E-state index is -0.0122. The van der Waals surface area contributed by atoms with Crippen molar-refractivity contribution < 1.29 is 43.4 Å². The third-order valence-corrected chi connectivity index (χ3v) is 6.68. The van der Waals surface area contributed by atoms with E-state index in [1.165, 1.54) is 0 Å². The highest BCUT2D eigenvalue weighted by molar-refractivity contribution is 5.86. The Morgan fingerprint density at radius 2 is 1.17 bits per heavy atom. The summed E-state index contributed by atoms with van der Waals surface area (Å²) in [4.78, 5) is 13.0. The van der Waals surface area contributed by atoms with Gasteiger partial charge < -0.3 is 54.8 Å². The lowest BCUT2D eigenvalue weighted by atomic mass is 10.1. The van der Waals surface area contributed by atoms with Crippen molar-refractivity contribution in [1.29, 1.82) is 0 Å². The van der Waals surface area contributed by atoms with Gasteiger partial charge in [0.25, 0.3) is 0 Å². The number of hydrogen-bond donors (Lipinski definition) is 4. The number of imidazole rings is 1. The molecule has 6 N–H and O–H groups in total. The lowest BCUT2D eigenvalue weighted by molar-refractivity contribution is 0.00361. The number of rotatable bonds is 23. The van der Waals surface area contributed by atoms with E-state index in [4.69, 9.17) is 54.8 Å². The van der Waals surface area contributed by atoms with Gasteiger partial charge in [0.15, 0.2) is 22.8 Å². The second-order valence-corrected chi connectivity index (χ2v) is 10.2. The van der Waals surface area contributed by atoms with Crippen LogP contribution >= 0.6 is 0 Å². The summed E-state index contributed by atoms with van der Waals surface area (Å²) in [5.74, 6) is 7.79. The minimum Gasteiger partial charge on any atom is -0.491 e. The van der Waals surface area contributed by atoms with E-state index in [-0.39, 0.29) is 25.0 Å². The molecule has 0 saturated carbocycles. The quantitative estimate of drug-likeness (QED) is 0.0644. The van der Waals surface area contributed by atoms with Crippen LogP contribution in [0.25, 0.3) is 21.9 Å². The molecule has 4 aromatic rings. The van der Waals surface area contributed by atoms with Crippen LogP contribution in [0.1, 0.15) is 11.4 Å². The number of nitrogen functional groups attached to an aromatic ring is 2. The van der Waals surface area contributed by atoms with Crippen LogP contribution in [0.4, 0.5) is 11.8 Å². The molecule has 2 aromatic heterocycles. The van der Waals surface area contributed by atoms with Crippen molar-refractivity contribution in [3.05, 3.63) is 47.8 Å². The van der Waals surface area contributed by atoms with Gasteiger partial charge in [-0.1, -0.05) is 18.1 Å². The first-order valence-corrected chi connectivity index (χ1v) is 15.7. The largest absolute Gasteiger partial charge is 0.491 e. The Labute approximate surface area is 279 Å². The molecule has 0 radical (unpaired) electrons. The van der Waals surface area contributed by atoms with Gasteiger partial charge in [-0.15, -0.1) is 0 Å². The average molecular weight is 669 g/mol. The number of nitrogens with two attached hydrogens (primary N) is 2. The number of aliphatic hydroxyl groups excluding tert-OH is 2. The summed E-state index contributed by atoms with van der Waals surface area (Å²) in [6.07, 6.45) is 0. The Hall–Kier alpha value is -4.11. The van der Waals surface area contributed by atoms with E-state index in [2.05, 4.69) is 26.8 Å². The number of ether oxygens (including phenoxy) is 7. The maximum Gasteiger partial charge on any atom is 0.224 e. The highest BCUT2D eigenvalue weighted by Gasteiger charge is 2.15. The van der Waals surface area contributed by atoms with Crippen LogP contribution in [0.5, 0.6) is 5.75 Å². The number of aromatic nitrogens is 4. The zero-order valence-electron chi connectivity index (χ0n) is 27.0. The standard InChI is InChI=1S/C33H44N6O9/c34-31-30-32(38-33(35)37-31)39(7-10-42-13-16-45-17-14-43-11-8-40)29(36-30)6-2-25-1-3-27-24-28(5-4-26(27)23-25)48-22-21-47-20-19-46-18-15-44-12-9-41/h1,3-5,23-24,40-41H,7-22H2,(H4,34,35,37,38). The zero-order valence-corrected chi connectivity index (χ0v) is 27.0. The van der Waals surface area contributed by atoms with Crippen LogP contribution in [0, 0.1) is 11.8 Å². The Kier molecular flexibility index (Phi) is 16.1. The Morgan fingerprint density at radius 1 is 0.604 bits per heavy atom. The van der Waals surface area contributed by atoms with Crippen LogP contribution < -0.4 is 16.2 Å². The highest BCUT2D eigenvalue weighted by Crippen LogP contribution is 2.23. The van der Waals surface area contributed by atoms with Gasteiger partial charge in [-0.3, -0.25) is 4.57 Å². The molecule has 0 aliphatic heterocycles. The summed E-state index contributed by atoms with van der Waals surface area (Å²) in [7, 11) is 0. The average Bonchev–Trinajstić information content (AvgIpc) is 3.44. The van der Waals surface area contributed by atoms with Crippen molar-refractivity contribution in [3.8, 4) is 17.6 Å². The predicted octanol–water partition coefficient (Wildman–Crippen LogP) is 1.01. The van der Waals surface area contributed by atoms with Crippen LogP contribution in [0.15, 0.2) is 36.4 Å². The van der Waals surface area contributed by atoms with Crippen molar-refractivity contribution in [3.63, 3.8) is 0 Å². The van der Waals surface area contributed by atoms with Crippen molar-refractivity contribution in [2.24, 2.45) is 0 Å². The van der Waals surface area contributed by atoms with Gasteiger partial charge in [-0.05, 0) is 41.0 Å². The van der Waals surface area contributed by atoms with Gasteiger partial charge in [-0.25, -0.2) is 4.98 Å². The van der Waals surface area contributed by atoms with Crippen LogP contribution in [-0.2, 0) is 35.0 Å². The first kappa shape index (κ1) is 36.7. The van der Waals surface area contributed by atoms with Gasteiger partial charge in [0.2, 0.25) is 5.95 Å². The number of benzene rings is 2. The normalized spacial score (nSPS) is 11.3. The summed E-state index contributed by atoms with van der Waals surface area (Å²) in [5.41, 5.74) is 13.7. The fourth-order valence-corrected chi connectivity index (χ4v) is 4.45. The lowest BCUT2D eigenvalue weighted by Gasteiger charge is -2.09. The van der Waals surface area contributed by atoms with Crippen LogP contribution in [0.2, 0.25) is 0 Å². The van der Waals surface area contributed by atoms with E-state index in [0.29, 0.717) is 109 Å². The lowest BCUT2D eigenvalue weighted by Crippen LogP contribution is -2.14. The molecule has 2 aromatic carbocycles. The minimum absolute atomic E-state index is 0.00762. The van der Waals surface area contributed by atoms with E-state index in [0.717, 1.165) is 22.1 Å². The summed E-state index contributed by atoms with van der Waals surface area (Å²) in [6.45, 7) is 5.71. The molecule has 15 heteroatoms. The molecule has 0 atom stereocenters. The number of aliphatic hydroxyl groups is 2. The summed E-state index contributed by atoms with van der Waals surface area (Å²) < 4.78 is 40.1. The third kappa shape index (κ3) is 12.2. The molecule has 0 aliphatic rings. The molecule has 0 saturated heterocycles. The molecular formula is C33H44N6O9. The van der Waals surface area contributed by atoms with Gasteiger partial charge in [-0.2, -0.15) is 9.97 Å². The molecule has 0 spiro atoms. The fourth-order valence-electron chi connectivity index (χ4n) is 4.45. The van der Waals surface area contributed by atoms with E-state index >= 15 is 0 Å². The van der Waals surface area contributed by atoms with E-state index in [1.807, 2.05) is 41.0 Å². The second kappa shape index (κ2) is 21.0. The van der Waals surface area contributed by atoms with E-state index in [9.17, 15) is 0 Å². The van der Waals surface area contributed by atoms with Crippen molar-refractivity contribution in [1.82, 2.24) is 19.5 Å². The molecule has 2 heterocycles. The fraction of sp³-hybridized carbons (Fsp3) is 0.485. The molecule has 0 fully saturated rings. The van der Waals surface area contributed by atoms with Crippen molar-refractivity contribution in [2.75, 3.05) is 111 Å². The monoisotopic (exact) mass is 668 g/mol. The Bertz CT molecular complexity index is 1610. The molecule has 0 amide bonds. The van der Waals surface area contributed by atoms with Gasteiger partial charge in [0.05, 0.1) is 99.0 Å². The molecule has 15 nitrogen and oxygen atoms in total. The summed E-state index contributed by atoms with van der Waals surface area (Å²) >= 11 is 0. The zero-order chi connectivity index (χ0) is 33.8. The third-order valence-electron chi connectivity index (χ3n) is 6.68. The van der Waals surface area contributed by atoms with Crippen molar-refractivity contribution >= 4 is 33.7 Å². The number of fused-ring (bicyclic) bond motifs is 2. The topological polar surface area (TPSA) is 201 Å². The molecule has 0 aliphatic carbocycles. The first-order valence-electron chi connectivity index (χ1n) is 15.7. The molecule has 48 heavy (non-hydrogen) atoms. The van der Waals surface area contributed by atoms with E-state index in [1.54, 1.807) is 0 Å². The summed E-state index contributed by atoms with van der Waals surface area (Å²) in [6, 6.07) is 11.8. The highest BCUT2D eigenvalue weighted by atomic mass is 16.6. The van der Waals surface area contributed by atoms with Gasteiger partial charge in [0, 0.05) is 5.56 Å². The number of hydrogen-bond acceptors (Lipinski definition) is 14. The Morgan fingerprint density at radius 3 is 1.81 bits per heavy atom. The number of anilines is 2.